The first kappa shape index (κ1) is 9.48. The summed E-state index contributed by atoms with van der Waals surface area (Å²) in [6, 6.07) is 6.16. The van der Waals surface area contributed by atoms with Gasteiger partial charge in [0.15, 0.2) is 5.17 Å². The van der Waals surface area contributed by atoms with Gasteiger partial charge in [0.25, 0.3) is 0 Å². The predicted octanol–water partition coefficient (Wildman–Crippen LogP) is 1.61. The molecule has 2 N–H and O–H groups in total. The zero-order chi connectivity index (χ0) is 9.97. The first-order chi connectivity index (χ1) is 6.77. The van der Waals surface area contributed by atoms with Crippen LogP contribution < -0.4 is 10.9 Å². The summed E-state index contributed by atoms with van der Waals surface area (Å²) in [7, 11) is 0. The third-order valence-corrected chi connectivity index (χ3v) is 2.83. The minimum atomic E-state index is -0.290. The number of aliphatic imine (C=N–C) groups is 1. The Balaban J connectivity index is 2.22. The van der Waals surface area contributed by atoms with Crippen molar-refractivity contribution >= 4 is 22.6 Å². The first-order valence-corrected chi connectivity index (χ1v) is 5.23. The standard InChI is InChI=1S/C9H10FN3S/c10-7-2-1-3-8(6-7)13(11)9-12-4-5-14-9/h1-3,6H,4-5,11H2. The first-order valence-electron chi connectivity index (χ1n) is 4.25. The van der Waals surface area contributed by atoms with Crippen LogP contribution in [-0.2, 0) is 0 Å². The lowest BCUT2D eigenvalue weighted by Crippen LogP contribution is -2.34. The number of nitrogens with two attached hydrogens (primary N) is 1. The van der Waals surface area contributed by atoms with Gasteiger partial charge < -0.3 is 0 Å². The van der Waals surface area contributed by atoms with Crippen molar-refractivity contribution in [3.63, 3.8) is 0 Å². The van der Waals surface area contributed by atoms with E-state index < -0.39 is 0 Å². The largest absolute Gasteiger partial charge is 0.260 e. The number of hydrogen-bond donors (Lipinski definition) is 1. The van der Waals surface area contributed by atoms with Crippen molar-refractivity contribution in [2.75, 3.05) is 17.3 Å². The van der Waals surface area contributed by atoms with Gasteiger partial charge in [-0.25, -0.2) is 10.2 Å². The van der Waals surface area contributed by atoms with E-state index in [0.717, 1.165) is 17.5 Å². The van der Waals surface area contributed by atoms with Gasteiger partial charge in [0.05, 0.1) is 12.2 Å². The van der Waals surface area contributed by atoms with Gasteiger partial charge in [0, 0.05) is 5.75 Å². The van der Waals surface area contributed by atoms with Crippen LogP contribution in [0.3, 0.4) is 0 Å². The van der Waals surface area contributed by atoms with Crippen LogP contribution in [0.5, 0.6) is 0 Å². The molecule has 5 heteroatoms. The molecule has 14 heavy (non-hydrogen) atoms. The predicted molar refractivity (Wildman–Crippen MR) is 57.8 cm³/mol. The van der Waals surface area contributed by atoms with Crippen LogP contribution in [0.2, 0.25) is 0 Å². The highest BCUT2D eigenvalue weighted by molar-refractivity contribution is 8.14. The maximum absolute atomic E-state index is 12.9. The van der Waals surface area contributed by atoms with E-state index in [4.69, 9.17) is 5.84 Å². The number of amidine groups is 1. The zero-order valence-corrected chi connectivity index (χ0v) is 8.30. The molecule has 0 bridgehead atoms. The SMILES string of the molecule is NN(C1=NCCS1)c1cccc(F)c1. The second kappa shape index (κ2) is 3.98. The molecule has 1 aliphatic rings. The van der Waals surface area contributed by atoms with Crippen molar-refractivity contribution in [1.29, 1.82) is 0 Å². The van der Waals surface area contributed by atoms with Gasteiger partial charge in [-0.15, -0.1) is 0 Å². The molecule has 0 radical (unpaired) electrons. The average Bonchev–Trinajstić information content (AvgIpc) is 2.69. The van der Waals surface area contributed by atoms with Crippen molar-refractivity contribution in [3.8, 4) is 0 Å². The summed E-state index contributed by atoms with van der Waals surface area (Å²) in [5.74, 6) is 6.44. The Morgan fingerprint density at radius 2 is 2.36 bits per heavy atom. The molecule has 0 aromatic heterocycles. The lowest BCUT2D eigenvalue weighted by molar-refractivity contribution is 0.628. The number of anilines is 1. The fraction of sp³-hybridized carbons (Fsp3) is 0.222. The maximum Gasteiger partial charge on any atom is 0.178 e. The van der Waals surface area contributed by atoms with E-state index in [1.54, 1.807) is 23.9 Å². The van der Waals surface area contributed by atoms with E-state index in [-0.39, 0.29) is 5.82 Å². The quantitative estimate of drug-likeness (QED) is 0.567. The topological polar surface area (TPSA) is 41.6 Å². The highest BCUT2D eigenvalue weighted by Crippen LogP contribution is 2.20. The van der Waals surface area contributed by atoms with Gasteiger partial charge in [-0.05, 0) is 18.2 Å². The van der Waals surface area contributed by atoms with Crippen LogP contribution in [0.1, 0.15) is 0 Å². The smallest absolute Gasteiger partial charge is 0.178 e. The minimum Gasteiger partial charge on any atom is -0.260 e. The van der Waals surface area contributed by atoms with E-state index in [1.807, 2.05) is 0 Å². The monoisotopic (exact) mass is 211 g/mol. The number of nitrogens with zero attached hydrogens (tertiary/aromatic N) is 2. The van der Waals surface area contributed by atoms with Gasteiger partial charge in [-0.1, -0.05) is 17.8 Å². The molecule has 0 atom stereocenters. The molecule has 0 saturated carbocycles. The molecule has 1 aliphatic heterocycles. The number of hydrogen-bond acceptors (Lipinski definition) is 4. The van der Waals surface area contributed by atoms with Crippen LogP contribution in [0.4, 0.5) is 10.1 Å². The average molecular weight is 211 g/mol. The fourth-order valence-electron chi connectivity index (χ4n) is 1.21. The van der Waals surface area contributed by atoms with Crippen molar-refractivity contribution in [3.05, 3.63) is 30.1 Å². The molecule has 0 saturated heterocycles. The third-order valence-electron chi connectivity index (χ3n) is 1.86. The molecule has 1 aromatic carbocycles. The van der Waals surface area contributed by atoms with Crippen molar-refractivity contribution in [2.45, 2.75) is 0 Å². The molecule has 1 aromatic rings. The molecule has 1 heterocycles. The van der Waals surface area contributed by atoms with Crippen LogP contribution in [-0.4, -0.2) is 17.5 Å². The summed E-state index contributed by atoms with van der Waals surface area (Å²) >= 11 is 1.58. The summed E-state index contributed by atoms with van der Waals surface area (Å²) in [6.45, 7) is 0.781. The summed E-state index contributed by atoms with van der Waals surface area (Å²) in [4.78, 5) is 4.20. The molecule has 2 rings (SSSR count). The molecule has 74 valence electrons. The molecule has 0 spiro atoms. The second-order valence-corrected chi connectivity index (χ2v) is 3.92. The van der Waals surface area contributed by atoms with Crippen molar-refractivity contribution in [2.24, 2.45) is 10.8 Å². The van der Waals surface area contributed by atoms with Crippen LogP contribution in [0.15, 0.2) is 29.3 Å². The molecule has 0 unspecified atom stereocenters. The number of halogens is 1. The molecule has 0 fully saturated rings. The highest BCUT2D eigenvalue weighted by Gasteiger charge is 2.14. The Bertz CT molecular complexity index is 367. The van der Waals surface area contributed by atoms with Crippen LogP contribution in [0, 0.1) is 5.82 Å². The molecular weight excluding hydrogens is 201 g/mol. The van der Waals surface area contributed by atoms with Crippen molar-refractivity contribution < 1.29 is 4.39 Å². The van der Waals surface area contributed by atoms with Crippen LogP contribution in [0.25, 0.3) is 0 Å². The van der Waals surface area contributed by atoms with E-state index in [2.05, 4.69) is 4.99 Å². The zero-order valence-electron chi connectivity index (χ0n) is 7.48. The fourth-order valence-corrected chi connectivity index (χ4v) is 2.00. The maximum atomic E-state index is 12.9. The Hall–Kier alpha value is -1.07. The van der Waals surface area contributed by atoms with E-state index in [9.17, 15) is 4.39 Å². The Kier molecular flexibility index (Phi) is 2.69. The second-order valence-electron chi connectivity index (χ2n) is 2.86. The summed E-state index contributed by atoms with van der Waals surface area (Å²) < 4.78 is 12.9. The molecule has 0 aliphatic carbocycles. The molecular formula is C9H10FN3S. The van der Waals surface area contributed by atoms with Gasteiger partial charge in [-0.2, -0.15) is 0 Å². The van der Waals surface area contributed by atoms with Crippen molar-refractivity contribution in [1.82, 2.24) is 0 Å². The normalized spacial score (nSPS) is 15.4. The Labute approximate surface area is 85.8 Å². The van der Waals surface area contributed by atoms with E-state index in [0.29, 0.717) is 5.69 Å². The van der Waals surface area contributed by atoms with Crippen LogP contribution >= 0.6 is 11.8 Å². The van der Waals surface area contributed by atoms with E-state index >= 15 is 0 Å². The summed E-state index contributed by atoms with van der Waals surface area (Å²) in [5, 5.41) is 2.16. The molecule has 0 amide bonds. The third kappa shape index (κ3) is 1.88. The van der Waals surface area contributed by atoms with Gasteiger partial charge in [0.1, 0.15) is 5.82 Å². The number of rotatable bonds is 1. The van der Waals surface area contributed by atoms with Gasteiger partial charge in [0.2, 0.25) is 0 Å². The summed E-state index contributed by atoms with van der Waals surface area (Å²) in [6.07, 6.45) is 0. The molecule has 3 nitrogen and oxygen atoms in total. The summed E-state index contributed by atoms with van der Waals surface area (Å²) in [5.41, 5.74) is 0.623. The lowest BCUT2D eigenvalue weighted by atomic mass is 10.3. The minimum absolute atomic E-state index is 0.290. The Morgan fingerprint density at radius 1 is 1.50 bits per heavy atom. The Morgan fingerprint density at radius 3 is 3.00 bits per heavy atom. The lowest BCUT2D eigenvalue weighted by Gasteiger charge is -2.17. The van der Waals surface area contributed by atoms with E-state index in [1.165, 1.54) is 17.1 Å². The number of benzene rings is 1. The highest BCUT2D eigenvalue weighted by atomic mass is 32.2. The van der Waals surface area contributed by atoms with Gasteiger partial charge >= 0.3 is 0 Å². The number of thioether (sulfide) groups is 1. The number of hydrazine groups is 1. The van der Waals surface area contributed by atoms with Gasteiger partial charge in [-0.3, -0.25) is 10.0 Å².